The van der Waals surface area contributed by atoms with Crippen LogP contribution in [0.25, 0.3) is 5.69 Å². The van der Waals surface area contributed by atoms with Crippen molar-refractivity contribution in [2.24, 2.45) is 0 Å². The van der Waals surface area contributed by atoms with E-state index in [4.69, 9.17) is 4.42 Å². The topological polar surface area (TPSA) is 76.2 Å². The van der Waals surface area contributed by atoms with Crippen molar-refractivity contribution in [2.45, 2.75) is 25.8 Å². The number of benzene rings is 1. The van der Waals surface area contributed by atoms with Crippen molar-refractivity contribution in [1.29, 1.82) is 0 Å². The maximum atomic E-state index is 13.1. The lowest BCUT2D eigenvalue weighted by Crippen LogP contribution is -2.37. The van der Waals surface area contributed by atoms with Gasteiger partial charge < -0.3 is 9.73 Å². The highest BCUT2D eigenvalue weighted by Crippen LogP contribution is 2.25. The summed E-state index contributed by atoms with van der Waals surface area (Å²) in [5.41, 5.74) is 1.50. The molecule has 1 atom stereocenters. The van der Waals surface area contributed by atoms with Crippen LogP contribution >= 0.6 is 0 Å². The normalized spacial score (nSPS) is 15.6. The number of carbonyl (C=O) groups excluding carboxylic acids is 1. The van der Waals surface area contributed by atoms with E-state index >= 15 is 0 Å². The summed E-state index contributed by atoms with van der Waals surface area (Å²) in [6.45, 7) is 4.17. The zero-order chi connectivity index (χ0) is 19.5. The minimum Gasteiger partial charge on any atom is -0.468 e. The molecule has 2 aromatic heterocycles. The second kappa shape index (κ2) is 7.93. The number of halogens is 1. The molecule has 28 heavy (non-hydrogen) atoms. The van der Waals surface area contributed by atoms with E-state index in [1.165, 1.54) is 16.8 Å². The number of hydrogen-bond acceptors (Lipinski definition) is 5. The minimum atomic E-state index is -0.328. The Morgan fingerprint density at radius 1 is 1.25 bits per heavy atom. The van der Waals surface area contributed by atoms with Gasteiger partial charge >= 0.3 is 0 Å². The fourth-order valence-electron chi connectivity index (χ4n) is 3.58. The Kier molecular flexibility index (Phi) is 5.21. The van der Waals surface area contributed by atoms with E-state index in [-0.39, 0.29) is 23.5 Å². The lowest BCUT2D eigenvalue weighted by Gasteiger charge is -2.25. The van der Waals surface area contributed by atoms with Crippen LogP contribution in [0.15, 0.2) is 47.1 Å². The molecule has 1 N–H and O–H groups in total. The number of rotatable bonds is 6. The van der Waals surface area contributed by atoms with E-state index in [0.717, 1.165) is 31.7 Å². The van der Waals surface area contributed by atoms with Gasteiger partial charge in [0.2, 0.25) is 0 Å². The molecule has 1 amide bonds. The average molecular weight is 383 g/mol. The Bertz CT molecular complexity index is 930. The van der Waals surface area contributed by atoms with Crippen molar-refractivity contribution in [1.82, 2.24) is 25.2 Å². The van der Waals surface area contributed by atoms with E-state index in [1.807, 2.05) is 12.1 Å². The van der Waals surface area contributed by atoms with Crippen molar-refractivity contribution in [3.8, 4) is 5.69 Å². The maximum Gasteiger partial charge on any atom is 0.273 e. The van der Waals surface area contributed by atoms with Crippen molar-refractivity contribution >= 4 is 5.91 Å². The van der Waals surface area contributed by atoms with Gasteiger partial charge in [0.25, 0.3) is 5.91 Å². The van der Waals surface area contributed by atoms with Crippen molar-refractivity contribution in [2.75, 3.05) is 19.6 Å². The van der Waals surface area contributed by atoms with Gasteiger partial charge in [-0.25, -0.2) is 9.07 Å². The third kappa shape index (κ3) is 3.68. The van der Waals surface area contributed by atoms with Crippen molar-refractivity contribution in [3.63, 3.8) is 0 Å². The van der Waals surface area contributed by atoms with Gasteiger partial charge in [-0.3, -0.25) is 9.69 Å². The molecular formula is C20H22FN5O2. The van der Waals surface area contributed by atoms with Crippen LogP contribution in [0, 0.1) is 12.7 Å². The number of nitrogens with one attached hydrogen (secondary N) is 1. The number of aromatic nitrogens is 3. The van der Waals surface area contributed by atoms with Gasteiger partial charge in [0.05, 0.1) is 23.7 Å². The minimum absolute atomic E-state index is 0.00565. The van der Waals surface area contributed by atoms with Crippen LogP contribution in [0.1, 0.15) is 40.8 Å². The van der Waals surface area contributed by atoms with Gasteiger partial charge in [-0.2, -0.15) is 0 Å². The standard InChI is InChI=1S/C20H22FN5O2/c1-14-19(23-24-26(14)16-8-6-15(21)7-9-16)20(27)22-13-17(18-5-4-12-28-18)25-10-2-3-11-25/h4-9,12,17H,2-3,10-11,13H2,1H3,(H,22,27). The summed E-state index contributed by atoms with van der Waals surface area (Å²) in [5, 5.41) is 11.0. The Balaban J connectivity index is 1.48. The molecule has 7 nitrogen and oxygen atoms in total. The molecule has 0 saturated carbocycles. The van der Waals surface area contributed by atoms with Gasteiger partial charge in [0.15, 0.2) is 5.69 Å². The molecular weight excluding hydrogens is 361 g/mol. The Morgan fingerprint density at radius 2 is 2.00 bits per heavy atom. The molecule has 3 heterocycles. The van der Waals surface area contributed by atoms with Gasteiger partial charge in [-0.05, 0) is 69.3 Å². The summed E-state index contributed by atoms with van der Waals surface area (Å²) >= 11 is 0. The highest BCUT2D eigenvalue weighted by Gasteiger charge is 2.27. The first-order valence-electron chi connectivity index (χ1n) is 9.37. The molecule has 1 aliphatic heterocycles. The first kappa shape index (κ1) is 18.4. The first-order valence-corrected chi connectivity index (χ1v) is 9.37. The molecule has 146 valence electrons. The fourth-order valence-corrected chi connectivity index (χ4v) is 3.58. The number of amides is 1. The quantitative estimate of drug-likeness (QED) is 0.708. The van der Waals surface area contributed by atoms with Gasteiger partial charge in [0, 0.05) is 6.54 Å². The maximum absolute atomic E-state index is 13.1. The zero-order valence-corrected chi connectivity index (χ0v) is 15.6. The fraction of sp³-hybridized carbons (Fsp3) is 0.350. The Morgan fingerprint density at radius 3 is 2.68 bits per heavy atom. The predicted octanol–water partition coefficient (Wildman–Crippen LogP) is 2.87. The smallest absolute Gasteiger partial charge is 0.273 e. The van der Waals surface area contributed by atoms with Gasteiger partial charge in [-0.1, -0.05) is 5.21 Å². The predicted molar refractivity (Wildman–Crippen MR) is 101 cm³/mol. The summed E-state index contributed by atoms with van der Waals surface area (Å²) in [7, 11) is 0. The first-order chi connectivity index (χ1) is 13.6. The molecule has 3 aromatic rings. The third-order valence-electron chi connectivity index (χ3n) is 5.09. The highest BCUT2D eigenvalue weighted by atomic mass is 19.1. The molecule has 0 spiro atoms. The average Bonchev–Trinajstić information content (AvgIpc) is 3.45. The number of nitrogens with zero attached hydrogens (tertiary/aromatic N) is 4. The van der Waals surface area contributed by atoms with Gasteiger partial charge in [-0.15, -0.1) is 5.10 Å². The van der Waals surface area contributed by atoms with E-state index < -0.39 is 0 Å². The van der Waals surface area contributed by atoms with Crippen LogP contribution in [0.4, 0.5) is 4.39 Å². The summed E-state index contributed by atoms with van der Waals surface area (Å²) in [6.07, 6.45) is 3.95. The van der Waals surface area contributed by atoms with Gasteiger partial charge in [0.1, 0.15) is 11.6 Å². The number of likely N-dealkylation sites (tertiary alicyclic amines) is 1. The molecule has 1 aliphatic rings. The summed E-state index contributed by atoms with van der Waals surface area (Å²) in [6, 6.07) is 9.68. The SMILES string of the molecule is Cc1c(C(=O)NCC(c2ccco2)N2CCCC2)nnn1-c1ccc(F)cc1. The lowest BCUT2D eigenvalue weighted by atomic mass is 10.2. The summed E-state index contributed by atoms with van der Waals surface area (Å²) in [5.74, 6) is 0.223. The Labute approximate surface area is 162 Å². The van der Waals surface area contributed by atoms with E-state index in [1.54, 1.807) is 25.3 Å². The molecule has 8 heteroatoms. The number of furan rings is 1. The van der Waals surface area contributed by atoms with Crippen molar-refractivity contribution in [3.05, 3.63) is 65.6 Å². The zero-order valence-electron chi connectivity index (χ0n) is 15.6. The number of hydrogen-bond donors (Lipinski definition) is 1. The molecule has 1 unspecified atom stereocenters. The monoisotopic (exact) mass is 383 g/mol. The van der Waals surface area contributed by atoms with Crippen LogP contribution in [-0.4, -0.2) is 45.4 Å². The van der Waals surface area contributed by atoms with Crippen LogP contribution in [0.5, 0.6) is 0 Å². The molecule has 1 fully saturated rings. The second-order valence-electron chi connectivity index (χ2n) is 6.90. The highest BCUT2D eigenvalue weighted by molar-refractivity contribution is 5.93. The van der Waals surface area contributed by atoms with Crippen molar-refractivity contribution < 1.29 is 13.6 Å². The molecule has 0 aliphatic carbocycles. The third-order valence-corrected chi connectivity index (χ3v) is 5.09. The van der Waals surface area contributed by atoms with Crippen LogP contribution in [0.2, 0.25) is 0 Å². The summed E-state index contributed by atoms with van der Waals surface area (Å²) < 4.78 is 20.2. The van der Waals surface area contributed by atoms with E-state index in [2.05, 4.69) is 20.5 Å². The van der Waals surface area contributed by atoms with E-state index in [0.29, 0.717) is 17.9 Å². The largest absolute Gasteiger partial charge is 0.468 e. The second-order valence-corrected chi connectivity index (χ2v) is 6.90. The molecule has 1 aromatic carbocycles. The number of carbonyl (C=O) groups is 1. The Hall–Kier alpha value is -3.00. The van der Waals surface area contributed by atoms with Crippen LogP contribution < -0.4 is 5.32 Å². The van der Waals surface area contributed by atoms with Crippen LogP contribution in [-0.2, 0) is 0 Å². The molecule has 4 rings (SSSR count). The molecule has 1 saturated heterocycles. The summed E-state index contributed by atoms with van der Waals surface area (Å²) in [4.78, 5) is 15.0. The van der Waals surface area contributed by atoms with E-state index in [9.17, 15) is 9.18 Å². The van der Waals surface area contributed by atoms with Crippen LogP contribution in [0.3, 0.4) is 0 Å². The molecule has 0 bridgehead atoms. The molecule has 0 radical (unpaired) electrons. The lowest BCUT2D eigenvalue weighted by molar-refractivity contribution is 0.0928.